The molecule has 0 saturated carbocycles. The highest BCUT2D eigenvalue weighted by Gasteiger charge is 2.31. The molecule has 1 heterocycles. The Bertz CT molecular complexity index is 235. The highest BCUT2D eigenvalue weighted by atomic mass is 15.3. The second-order valence-electron chi connectivity index (χ2n) is 7.06. The molecule has 1 rings (SSSR count). The Balaban J connectivity index is 2.59. The van der Waals surface area contributed by atoms with Gasteiger partial charge in [-0.3, -0.25) is 9.80 Å². The SMILES string of the molecule is CCNC(CN1CC(C)N(C)C(C)C1)C(C)(C)C. The fraction of sp³-hybridized carbons (Fsp3) is 1.00. The fourth-order valence-corrected chi connectivity index (χ4v) is 2.81. The first kappa shape index (κ1) is 15.9. The summed E-state index contributed by atoms with van der Waals surface area (Å²) in [6.07, 6.45) is 0. The number of rotatable bonds is 4. The molecule has 0 aromatic carbocycles. The molecule has 1 aliphatic rings. The molecule has 3 heteroatoms. The summed E-state index contributed by atoms with van der Waals surface area (Å²) >= 11 is 0. The van der Waals surface area contributed by atoms with E-state index in [1.54, 1.807) is 0 Å². The third-order valence-electron chi connectivity index (χ3n) is 4.37. The van der Waals surface area contributed by atoms with E-state index in [-0.39, 0.29) is 0 Å². The zero-order valence-electron chi connectivity index (χ0n) is 13.5. The van der Waals surface area contributed by atoms with Crippen LogP contribution in [-0.2, 0) is 0 Å². The van der Waals surface area contributed by atoms with Crippen molar-refractivity contribution in [3.8, 4) is 0 Å². The van der Waals surface area contributed by atoms with E-state index in [2.05, 4.69) is 63.7 Å². The third-order valence-corrected chi connectivity index (χ3v) is 4.37. The molecule has 0 amide bonds. The molecule has 0 spiro atoms. The van der Waals surface area contributed by atoms with Crippen molar-refractivity contribution in [2.75, 3.05) is 33.2 Å². The molecular formula is C15H33N3. The van der Waals surface area contributed by atoms with Crippen molar-refractivity contribution in [2.24, 2.45) is 5.41 Å². The number of hydrogen-bond acceptors (Lipinski definition) is 3. The molecule has 3 nitrogen and oxygen atoms in total. The van der Waals surface area contributed by atoms with Gasteiger partial charge in [0, 0.05) is 37.8 Å². The van der Waals surface area contributed by atoms with Gasteiger partial charge in [-0.15, -0.1) is 0 Å². The van der Waals surface area contributed by atoms with Crippen LogP contribution in [0.3, 0.4) is 0 Å². The monoisotopic (exact) mass is 255 g/mol. The summed E-state index contributed by atoms with van der Waals surface area (Å²) in [5, 5.41) is 3.66. The van der Waals surface area contributed by atoms with Gasteiger partial charge in [0.25, 0.3) is 0 Å². The Hall–Kier alpha value is -0.120. The van der Waals surface area contributed by atoms with Gasteiger partial charge in [-0.1, -0.05) is 27.7 Å². The van der Waals surface area contributed by atoms with Crippen LogP contribution in [-0.4, -0.2) is 61.2 Å². The van der Waals surface area contributed by atoms with Crippen LogP contribution in [0.5, 0.6) is 0 Å². The van der Waals surface area contributed by atoms with E-state index in [9.17, 15) is 0 Å². The topological polar surface area (TPSA) is 18.5 Å². The van der Waals surface area contributed by atoms with E-state index >= 15 is 0 Å². The standard InChI is InChI=1S/C15H33N3/c1-8-16-14(15(4,5)6)11-18-9-12(2)17(7)13(3)10-18/h12-14,16H,8-11H2,1-7H3. The molecule has 0 aromatic heterocycles. The van der Waals surface area contributed by atoms with Gasteiger partial charge in [-0.05, 0) is 32.9 Å². The zero-order valence-corrected chi connectivity index (χ0v) is 13.5. The number of piperazine rings is 1. The minimum atomic E-state index is 0.325. The maximum Gasteiger partial charge on any atom is 0.0243 e. The second kappa shape index (κ2) is 6.36. The first-order valence-electron chi connectivity index (χ1n) is 7.43. The van der Waals surface area contributed by atoms with E-state index in [0.717, 1.165) is 6.54 Å². The summed E-state index contributed by atoms with van der Waals surface area (Å²) in [7, 11) is 2.25. The lowest BCUT2D eigenvalue weighted by Gasteiger charge is -2.45. The first-order chi connectivity index (χ1) is 8.25. The maximum absolute atomic E-state index is 3.66. The number of nitrogens with one attached hydrogen (secondary N) is 1. The van der Waals surface area contributed by atoms with Crippen LogP contribution in [0.4, 0.5) is 0 Å². The van der Waals surface area contributed by atoms with Crippen molar-refractivity contribution in [1.82, 2.24) is 15.1 Å². The molecule has 0 aliphatic carbocycles. The van der Waals surface area contributed by atoms with Crippen LogP contribution in [0.1, 0.15) is 41.5 Å². The number of likely N-dealkylation sites (N-methyl/N-ethyl adjacent to an activating group) is 2. The van der Waals surface area contributed by atoms with E-state index in [0.29, 0.717) is 23.5 Å². The summed E-state index contributed by atoms with van der Waals surface area (Å²) in [6, 6.07) is 1.90. The summed E-state index contributed by atoms with van der Waals surface area (Å²) in [5.74, 6) is 0. The average molecular weight is 255 g/mol. The lowest BCUT2D eigenvalue weighted by Crippen LogP contribution is -2.58. The average Bonchev–Trinajstić information content (AvgIpc) is 2.24. The Kier molecular flexibility index (Phi) is 5.63. The van der Waals surface area contributed by atoms with Crippen molar-refractivity contribution >= 4 is 0 Å². The van der Waals surface area contributed by atoms with Crippen LogP contribution in [0.15, 0.2) is 0 Å². The maximum atomic E-state index is 3.66. The molecule has 0 bridgehead atoms. The van der Waals surface area contributed by atoms with Gasteiger partial charge >= 0.3 is 0 Å². The fourth-order valence-electron chi connectivity index (χ4n) is 2.81. The third kappa shape index (κ3) is 4.22. The first-order valence-corrected chi connectivity index (χ1v) is 7.43. The molecule has 1 fully saturated rings. The number of hydrogen-bond donors (Lipinski definition) is 1. The lowest BCUT2D eigenvalue weighted by atomic mass is 9.86. The van der Waals surface area contributed by atoms with Gasteiger partial charge in [-0.25, -0.2) is 0 Å². The summed E-state index contributed by atoms with van der Waals surface area (Å²) in [4.78, 5) is 5.13. The van der Waals surface area contributed by atoms with Crippen molar-refractivity contribution in [3.63, 3.8) is 0 Å². The van der Waals surface area contributed by atoms with E-state index in [1.807, 2.05) is 0 Å². The summed E-state index contributed by atoms with van der Waals surface area (Å²) < 4.78 is 0. The minimum Gasteiger partial charge on any atom is -0.312 e. The van der Waals surface area contributed by atoms with E-state index in [1.165, 1.54) is 19.6 Å². The quantitative estimate of drug-likeness (QED) is 0.829. The van der Waals surface area contributed by atoms with Crippen LogP contribution in [0.2, 0.25) is 0 Å². The Morgan fingerprint density at radius 3 is 2.06 bits per heavy atom. The van der Waals surface area contributed by atoms with Crippen LogP contribution in [0.25, 0.3) is 0 Å². The van der Waals surface area contributed by atoms with Crippen LogP contribution >= 0.6 is 0 Å². The van der Waals surface area contributed by atoms with Crippen LogP contribution < -0.4 is 5.32 Å². The smallest absolute Gasteiger partial charge is 0.0243 e. The van der Waals surface area contributed by atoms with E-state index in [4.69, 9.17) is 0 Å². The van der Waals surface area contributed by atoms with Gasteiger partial charge in [0.2, 0.25) is 0 Å². The molecule has 3 unspecified atom stereocenters. The lowest BCUT2D eigenvalue weighted by molar-refractivity contribution is 0.0444. The van der Waals surface area contributed by atoms with E-state index < -0.39 is 0 Å². The molecular weight excluding hydrogens is 222 g/mol. The highest BCUT2D eigenvalue weighted by molar-refractivity contribution is 4.88. The highest BCUT2D eigenvalue weighted by Crippen LogP contribution is 2.22. The van der Waals surface area contributed by atoms with Gasteiger partial charge in [0.15, 0.2) is 0 Å². The largest absolute Gasteiger partial charge is 0.312 e. The normalized spacial score (nSPS) is 29.5. The second-order valence-corrected chi connectivity index (χ2v) is 7.06. The predicted molar refractivity (Wildman–Crippen MR) is 80.0 cm³/mol. The van der Waals surface area contributed by atoms with Crippen molar-refractivity contribution in [3.05, 3.63) is 0 Å². The van der Waals surface area contributed by atoms with Gasteiger partial charge in [0.05, 0.1) is 0 Å². The Morgan fingerprint density at radius 1 is 1.17 bits per heavy atom. The molecule has 1 aliphatic heterocycles. The molecule has 1 N–H and O–H groups in total. The molecule has 0 radical (unpaired) electrons. The summed E-state index contributed by atoms with van der Waals surface area (Å²) in [6.45, 7) is 18.5. The predicted octanol–water partition coefficient (Wildman–Crippen LogP) is 2.03. The zero-order chi connectivity index (χ0) is 13.9. The Morgan fingerprint density at radius 2 is 1.67 bits per heavy atom. The van der Waals surface area contributed by atoms with Gasteiger partial charge in [0.1, 0.15) is 0 Å². The molecule has 1 saturated heterocycles. The van der Waals surface area contributed by atoms with Crippen molar-refractivity contribution < 1.29 is 0 Å². The van der Waals surface area contributed by atoms with Gasteiger partial charge < -0.3 is 5.32 Å². The Labute approximate surface area is 114 Å². The summed E-state index contributed by atoms with van der Waals surface area (Å²) in [5.41, 5.74) is 0.325. The van der Waals surface area contributed by atoms with Gasteiger partial charge in [-0.2, -0.15) is 0 Å². The molecule has 0 aromatic rings. The number of nitrogens with zero attached hydrogens (tertiary/aromatic N) is 2. The minimum absolute atomic E-state index is 0.325. The van der Waals surface area contributed by atoms with Crippen LogP contribution in [0, 0.1) is 5.41 Å². The van der Waals surface area contributed by atoms with Crippen molar-refractivity contribution in [1.29, 1.82) is 0 Å². The van der Waals surface area contributed by atoms with Crippen molar-refractivity contribution in [2.45, 2.75) is 59.7 Å². The molecule has 108 valence electrons. The molecule has 18 heavy (non-hydrogen) atoms. The molecule has 3 atom stereocenters.